The number of unbranched alkanes of at least 4 members (excludes halogenated alkanes) is 7. The maximum atomic E-state index is 4.25. The lowest BCUT2D eigenvalue weighted by molar-refractivity contribution is 0.400. The highest BCUT2D eigenvalue weighted by molar-refractivity contribution is 5.83. The number of rotatable bonds is 21. The van der Waals surface area contributed by atoms with Gasteiger partial charge in [0.15, 0.2) is 0 Å². The Morgan fingerprint density at radius 1 is 0.554 bits per heavy atom. The van der Waals surface area contributed by atoms with E-state index in [1.807, 2.05) is 0 Å². The van der Waals surface area contributed by atoms with Gasteiger partial charge in [-0.3, -0.25) is 0 Å². The molecule has 0 unspecified atom stereocenters. The average molecular weight is 882 g/mol. The van der Waals surface area contributed by atoms with Gasteiger partial charge in [0.2, 0.25) is 0 Å². The van der Waals surface area contributed by atoms with E-state index in [9.17, 15) is 0 Å². The molecule has 0 nitrogen and oxygen atoms in total. The molecule has 0 spiro atoms. The molecule has 0 radical (unpaired) electrons. The minimum atomic E-state index is 0.164. The number of allylic oxidation sites excluding steroid dienone is 8. The Kier molecular flexibility index (Phi) is 24.6. The van der Waals surface area contributed by atoms with Crippen molar-refractivity contribution in [3.8, 4) is 11.1 Å². The lowest BCUT2D eigenvalue weighted by atomic mass is 9.69. The summed E-state index contributed by atoms with van der Waals surface area (Å²) in [5.74, 6) is 0. The van der Waals surface area contributed by atoms with Gasteiger partial charge in [-0.25, -0.2) is 0 Å². The van der Waals surface area contributed by atoms with E-state index in [0.717, 1.165) is 12.8 Å². The summed E-state index contributed by atoms with van der Waals surface area (Å²) >= 11 is 0. The van der Waals surface area contributed by atoms with Gasteiger partial charge in [0.1, 0.15) is 0 Å². The predicted molar refractivity (Wildman–Crippen MR) is 298 cm³/mol. The van der Waals surface area contributed by atoms with Crippen LogP contribution >= 0.6 is 0 Å². The molecule has 0 atom stereocenters. The molecule has 1 aliphatic rings. The van der Waals surface area contributed by atoms with E-state index >= 15 is 0 Å². The van der Waals surface area contributed by atoms with Crippen molar-refractivity contribution in [1.29, 1.82) is 0 Å². The Bertz CT molecular complexity index is 2020. The molecule has 360 valence electrons. The quantitative estimate of drug-likeness (QED) is 0.0568. The molecule has 0 N–H and O–H groups in total. The zero-order chi connectivity index (χ0) is 49.0. The van der Waals surface area contributed by atoms with Crippen LogP contribution in [-0.2, 0) is 10.8 Å². The molecule has 0 saturated heterocycles. The van der Waals surface area contributed by atoms with Crippen molar-refractivity contribution in [3.05, 3.63) is 136 Å². The van der Waals surface area contributed by atoms with E-state index in [0.29, 0.717) is 0 Å². The third-order valence-corrected chi connectivity index (χ3v) is 14.4. The second-order valence-corrected chi connectivity index (χ2v) is 21.8. The summed E-state index contributed by atoms with van der Waals surface area (Å²) in [6, 6.07) is 19.2. The summed E-state index contributed by atoms with van der Waals surface area (Å²) in [6.45, 7) is 46.6. The van der Waals surface area contributed by atoms with Crippen LogP contribution in [0.5, 0.6) is 0 Å². The van der Waals surface area contributed by atoms with Gasteiger partial charge >= 0.3 is 0 Å². The fourth-order valence-electron chi connectivity index (χ4n) is 9.31. The monoisotopic (exact) mass is 881 g/mol. The highest BCUT2D eigenvalue weighted by Crippen LogP contribution is 2.55. The molecular formula is C65H100. The molecule has 0 aromatic heterocycles. The van der Waals surface area contributed by atoms with Gasteiger partial charge in [0.05, 0.1) is 0 Å². The molecule has 65 heavy (non-hydrogen) atoms. The Labute approximate surface area is 404 Å². The first-order valence-electron chi connectivity index (χ1n) is 26.4. The molecule has 0 bridgehead atoms. The minimum Gasteiger partial charge on any atom is -0.0999 e. The molecule has 3 aromatic carbocycles. The van der Waals surface area contributed by atoms with Crippen molar-refractivity contribution >= 4 is 16.7 Å². The SMILES string of the molecule is C/C=C(\C)c1ccc2c(c1)C(CCCCCC)(CCCCCC)c1cc(C(C)(C)C)ccc1-2.C=C(CCC)CCCC.C=C(CCC)c1ccc(/C(C)=C/C=C(\C)C(C)(C)C)c(C)c1C. The third-order valence-electron chi connectivity index (χ3n) is 14.4. The Balaban J connectivity index is 0.000000393. The molecule has 0 fully saturated rings. The third kappa shape index (κ3) is 16.9. The summed E-state index contributed by atoms with van der Waals surface area (Å²) in [4.78, 5) is 0. The van der Waals surface area contributed by atoms with Crippen LogP contribution in [0.15, 0.2) is 91.1 Å². The van der Waals surface area contributed by atoms with Gasteiger partial charge in [-0.2, -0.15) is 0 Å². The summed E-state index contributed by atoms with van der Waals surface area (Å²) in [6.07, 6.45) is 28.5. The zero-order valence-electron chi connectivity index (χ0n) is 45.8. The van der Waals surface area contributed by atoms with Crippen molar-refractivity contribution < 1.29 is 0 Å². The Morgan fingerprint density at radius 2 is 1.08 bits per heavy atom. The van der Waals surface area contributed by atoms with Crippen LogP contribution in [0.25, 0.3) is 27.8 Å². The highest BCUT2D eigenvalue weighted by Gasteiger charge is 2.43. The standard InChI is InChI=1S/C33H48.C23H34.C9H18/c1-8-11-13-15-21-33(22-16-14-12-9-2)30-23-26(25(4)10-3)17-19-28(30)29-20-18-27(24-31(29)33)32(5,6)7;1-10-11-16(2)21-14-15-22(20(6)19(21)5)17(3)12-13-18(4)23(7,8)9;1-4-6-8-9(3)7-5-2/h10,17-20,23-24H,8-9,11-16,21-22H2,1-7H3;12-15H,2,10-11H2,1,3-9H3;3-8H2,1-2H3/b25-10+;17-12+,18-13+;. The van der Waals surface area contributed by atoms with Crippen LogP contribution in [0.4, 0.5) is 0 Å². The first kappa shape index (κ1) is 57.5. The molecule has 0 aliphatic heterocycles. The first-order valence-corrected chi connectivity index (χ1v) is 26.4. The van der Waals surface area contributed by atoms with Crippen LogP contribution < -0.4 is 0 Å². The van der Waals surface area contributed by atoms with E-state index in [2.05, 4.69) is 198 Å². The molecule has 0 heteroatoms. The first-order chi connectivity index (χ1) is 30.7. The minimum absolute atomic E-state index is 0.164. The van der Waals surface area contributed by atoms with Gasteiger partial charge < -0.3 is 0 Å². The zero-order valence-corrected chi connectivity index (χ0v) is 45.8. The fourth-order valence-corrected chi connectivity index (χ4v) is 9.31. The van der Waals surface area contributed by atoms with Crippen molar-refractivity contribution in [2.24, 2.45) is 5.41 Å². The molecule has 1 aliphatic carbocycles. The van der Waals surface area contributed by atoms with Crippen LogP contribution in [0, 0.1) is 19.3 Å². The van der Waals surface area contributed by atoms with Crippen molar-refractivity contribution in [1.82, 2.24) is 0 Å². The number of benzene rings is 3. The van der Waals surface area contributed by atoms with Crippen LogP contribution in [0.2, 0.25) is 0 Å². The van der Waals surface area contributed by atoms with Crippen LogP contribution in [0.1, 0.15) is 258 Å². The molecular weight excluding hydrogens is 781 g/mol. The van der Waals surface area contributed by atoms with E-state index in [-0.39, 0.29) is 16.2 Å². The number of hydrogen-bond acceptors (Lipinski definition) is 0. The summed E-state index contributed by atoms with van der Waals surface area (Å²) in [5.41, 5.74) is 21.8. The van der Waals surface area contributed by atoms with E-state index < -0.39 is 0 Å². The second-order valence-electron chi connectivity index (χ2n) is 21.8. The average Bonchev–Trinajstić information content (AvgIpc) is 3.53. The largest absolute Gasteiger partial charge is 0.0999 e. The molecule has 4 rings (SSSR count). The highest BCUT2D eigenvalue weighted by atomic mass is 14.5. The van der Waals surface area contributed by atoms with E-state index in [1.54, 1.807) is 11.1 Å². The summed E-state index contributed by atoms with van der Waals surface area (Å²) < 4.78 is 0. The smallest absolute Gasteiger partial charge is 0.0215 e. The maximum Gasteiger partial charge on any atom is 0.0215 e. The normalized spacial score (nSPS) is 13.6. The van der Waals surface area contributed by atoms with Gasteiger partial charge in [-0.05, 0) is 169 Å². The summed E-state index contributed by atoms with van der Waals surface area (Å²) in [5, 5.41) is 0. The van der Waals surface area contributed by atoms with E-state index in [4.69, 9.17) is 0 Å². The molecule has 0 amide bonds. The molecule has 0 saturated carbocycles. The van der Waals surface area contributed by atoms with Crippen LogP contribution in [-0.4, -0.2) is 0 Å². The topological polar surface area (TPSA) is 0 Å². The second kappa shape index (κ2) is 27.9. The van der Waals surface area contributed by atoms with Gasteiger partial charge in [0, 0.05) is 5.41 Å². The lowest BCUT2D eigenvalue weighted by Crippen LogP contribution is -2.26. The predicted octanol–water partition coefficient (Wildman–Crippen LogP) is 21.7. The van der Waals surface area contributed by atoms with Crippen molar-refractivity contribution in [2.75, 3.05) is 0 Å². The maximum absolute atomic E-state index is 4.25. The molecule has 3 aromatic rings. The van der Waals surface area contributed by atoms with E-state index in [1.165, 1.54) is 169 Å². The Morgan fingerprint density at radius 3 is 1.58 bits per heavy atom. The lowest BCUT2D eigenvalue weighted by Gasteiger charge is -2.34. The summed E-state index contributed by atoms with van der Waals surface area (Å²) in [7, 11) is 0. The Hall–Kier alpha value is -3.64. The fraction of sp³-hybridized carbons (Fsp3) is 0.569. The van der Waals surface area contributed by atoms with Crippen molar-refractivity contribution in [2.45, 2.75) is 238 Å². The van der Waals surface area contributed by atoms with Crippen molar-refractivity contribution in [3.63, 3.8) is 0 Å². The van der Waals surface area contributed by atoms with Gasteiger partial charge in [-0.1, -0.05) is 232 Å². The number of fused-ring (bicyclic) bond motifs is 3. The number of hydrogen-bond donors (Lipinski definition) is 0. The van der Waals surface area contributed by atoms with Gasteiger partial charge in [0.25, 0.3) is 0 Å². The van der Waals surface area contributed by atoms with Gasteiger partial charge in [-0.15, -0.1) is 0 Å². The van der Waals surface area contributed by atoms with Crippen LogP contribution in [0.3, 0.4) is 0 Å². The molecule has 0 heterocycles.